The highest BCUT2D eigenvalue weighted by atomic mass is 16.5. The van der Waals surface area contributed by atoms with Crippen LogP contribution in [0.15, 0.2) is 49.1 Å². The minimum atomic E-state index is -0.232. The summed E-state index contributed by atoms with van der Waals surface area (Å²) in [5.41, 5.74) is 4.58. The van der Waals surface area contributed by atoms with E-state index in [1.165, 1.54) is 47.4 Å². The normalized spacial score (nSPS) is 19.3. The number of benzene rings is 2. The molecule has 230 valence electrons. The lowest BCUT2D eigenvalue weighted by Crippen LogP contribution is -2.55. The first-order valence-corrected chi connectivity index (χ1v) is 15.9. The molecule has 2 fully saturated rings. The molecule has 0 radical (unpaired) electrons. The van der Waals surface area contributed by atoms with E-state index in [0.29, 0.717) is 44.8 Å². The van der Waals surface area contributed by atoms with E-state index in [1.54, 1.807) is 4.90 Å². The van der Waals surface area contributed by atoms with E-state index in [2.05, 4.69) is 84.6 Å². The number of hydrogen-bond donors (Lipinski definition) is 0. The van der Waals surface area contributed by atoms with Crippen molar-refractivity contribution in [1.82, 2.24) is 19.8 Å². The van der Waals surface area contributed by atoms with Gasteiger partial charge < -0.3 is 19.4 Å². The van der Waals surface area contributed by atoms with Gasteiger partial charge >= 0.3 is 6.01 Å². The number of aromatic nitrogens is 2. The predicted molar refractivity (Wildman–Crippen MR) is 174 cm³/mol. The number of carbonyl (C=O) groups is 1. The zero-order chi connectivity index (χ0) is 30.8. The summed E-state index contributed by atoms with van der Waals surface area (Å²) >= 11 is 0. The van der Waals surface area contributed by atoms with Crippen LogP contribution in [0.1, 0.15) is 49.4 Å². The molecule has 2 atom stereocenters. The summed E-state index contributed by atoms with van der Waals surface area (Å²) in [7, 11) is 2.18. The van der Waals surface area contributed by atoms with Crippen molar-refractivity contribution in [2.45, 2.75) is 70.6 Å². The number of carbonyl (C=O) groups excluding carboxylic acids is 1. The summed E-state index contributed by atoms with van der Waals surface area (Å²) in [6.07, 6.45) is 6.17. The molecule has 1 unspecified atom stereocenters. The standard InChI is InChI=1S/C35H43N7O2/c1-5-32(43)42-20-19-41(21-28(42)15-17-36)34-29-16-18-40(31-14-7-11-26-10-6-9-24(2)33(26)31)22-30(29)37-35(38-34)44-23-25(3)39(4)27-12-8-13-27/h5-7,9-11,14,25,27-28H,1,8,12-13,15-16,18-23H2,2-4H3/t25-,28?/m0/s1. The summed E-state index contributed by atoms with van der Waals surface area (Å²) in [6, 6.07) is 16.3. The highest BCUT2D eigenvalue weighted by Gasteiger charge is 2.34. The summed E-state index contributed by atoms with van der Waals surface area (Å²) in [6.45, 7) is 11.7. The smallest absolute Gasteiger partial charge is 0.318 e. The highest BCUT2D eigenvalue weighted by molar-refractivity contribution is 5.97. The summed E-state index contributed by atoms with van der Waals surface area (Å²) in [5.74, 6) is 0.733. The molecule has 9 heteroatoms. The molecule has 2 aliphatic heterocycles. The average molecular weight is 594 g/mol. The van der Waals surface area contributed by atoms with Crippen LogP contribution in [-0.2, 0) is 17.8 Å². The molecule has 1 saturated heterocycles. The van der Waals surface area contributed by atoms with Gasteiger partial charge in [0, 0.05) is 54.9 Å². The van der Waals surface area contributed by atoms with Crippen LogP contribution >= 0.6 is 0 Å². The van der Waals surface area contributed by atoms with Crippen LogP contribution in [0.5, 0.6) is 6.01 Å². The Balaban J connectivity index is 1.32. The minimum Gasteiger partial charge on any atom is -0.462 e. The fraction of sp³-hybridized carbons (Fsp3) is 0.486. The van der Waals surface area contributed by atoms with Gasteiger partial charge in [0.25, 0.3) is 0 Å². The molecule has 1 saturated carbocycles. The van der Waals surface area contributed by atoms with Gasteiger partial charge in [-0.1, -0.05) is 43.3 Å². The van der Waals surface area contributed by atoms with Gasteiger partial charge in [0.05, 0.1) is 30.8 Å². The van der Waals surface area contributed by atoms with Crippen molar-refractivity contribution in [3.05, 3.63) is 65.9 Å². The Morgan fingerprint density at radius 2 is 1.98 bits per heavy atom. The Kier molecular flexibility index (Phi) is 8.72. The molecule has 44 heavy (non-hydrogen) atoms. The van der Waals surface area contributed by atoms with Crippen LogP contribution in [0.4, 0.5) is 11.5 Å². The fourth-order valence-electron chi connectivity index (χ4n) is 6.89. The second-order valence-corrected chi connectivity index (χ2v) is 12.5. The maximum atomic E-state index is 12.6. The molecule has 1 aromatic heterocycles. The molecular formula is C35H43N7O2. The molecule has 1 amide bonds. The molecule has 0 bridgehead atoms. The number of rotatable bonds is 9. The molecule has 6 rings (SSSR count). The van der Waals surface area contributed by atoms with Gasteiger partial charge in [-0.25, -0.2) is 0 Å². The highest BCUT2D eigenvalue weighted by Crippen LogP contribution is 2.36. The maximum absolute atomic E-state index is 12.6. The van der Waals surface area contributed by atoms with Crippen LogP contribution in [0.2, 0.25) is 0 Å². The number of aryl methyl sites for hydroxylation is 1. The van der Waals surface area contributed by atoms with Crippen LogP contribution in [-0.4, -0.2) is 83.6 Å². The monoisotopic (exact) mass is 593 g/mol. The van der Waals surface area contributed by atoms with Crippen molar-refractivity contribution in [3.8, 4) is 12.1 Å². The first kappa shape index (κ1) is 29.9. The Bertz CT molecular complexity index is 1570. The third-order valence-corrected chi connectivity index (χ3v) is 9.82. The molecule has 3 aromatic rings. The zero-order valence-corrected chi connectivity index (χ0v) is 26.2. The number of ether oxygens (including phenoxy) is 1. The van der Waals surface area contributed by atoms with Gasteiger partial charge in [0.2, 0.25) is 5.91 Å². The third kappa shape index (κ3) is 5.83. The van der Waals surface area contributed by atoms with Crippen LogP contribution in [0.25, 0.3) is 10.8 Å². The lowest BCUT2D eigenvalue weighted by Gasteiger charge is -2.42. The molecule has 0 N–H and O–H groups in total. The minimum absolute atomic E-state index is 0.135. The summed E-state index contributed by atoms with van der Waals surface area (Å²) < 4.78 is 6.35. The van der Waals surface area contributed by atoms with Crippen LogP contribution in [0, 0.1) is 18.3 Å². The first-order valence-electron chi connectivity index (χ1n) is 15.9. The lowest BCUT2D eigenvalue weighted by molar-refractivity contribution is -0.128. The number of anilines is 2. The second-order valence-electron chi connectivity index (χ2n) is 12.5. The van der Waals surface area contributed by atoms with E-state index in [-0.39, 0.29) is 24.4 Å². The van der Waals surface area contributed by atoms with Crippen molar-refractivity contribution < 1.29 is 9.53 Å². The molecule has 9 nitrogen and oxygen atoms in total. The Labute approximate surface area is 260 Å². The molecule has 0 spiro atoms. The quantitative estimate of drug-likeness (QED) is 0.325. The molecule has 3 heterocycles. The topological polar surface area (TPSA) is 88.8 Å². The molecule has 3 aliphatic rings. The van der Waals surface area contributed by atoms with Crippen molar-refractivity contribution in [3.63, 3.8) is 0 Å². The van der Waals surface area contributed by atoms with Gasteiger partial charge in [-0.3, -0.25) is 9.69 Å². The fourth-order valence-corrected chi connectivity index (χ4v) is 6.89. The molecule has 2 aromatic carbocycles. The largest absolute Gasteiger partial charge is 0.462 e. The van der Waals surface area contributed by atoms with E-state index < -0.39 is 0 Å². The van der Waals surface area contributed by atoms with Gasteiger partial charge in [0.15, 0.2) is 0 Å². The van der Waals surface area contributed by atoms with E-state index in [1.807, 2.05) is 0 Å². The Hall–Kier alpha value is -4.16. The van der Waals surface area contributed by atoms with E-state index >= 15 is 0 Å². The number of amides is 1. The van der Waals surface area contributed by atoms with Crippen molar-refractivity contribution in [1.29, 1.82) is 5.26 Å². The SMILES string of the molecule is C=CC(=O)N1CCN(c2nc(OC[C@H](C)N(C)C3CCC3)nc3c2CCN(c2cccc4cccc(C)c24)C3)CC1CC#N. The van der Waals surface area contributed by atoms with E-state index in [4.69, 9.17) is 14.7 Å². The number of likely N-dealkylation sites (N-methyl/N-ethyl adjacent to an activating group) is 1. The van der Waals surface area contributed by atoms with Gasteiger partial charge in [0.1, 0.15) is 12.4 Å². The Morgan fingerprint density at radius 3 is 2.70 bits per heavy atom. The average Bonchev–Trinajstić information content (AvgIpc) is 3.01. The number of piperazine rings is 1. The van der Waals surface area contributed by atoms with Crippen molar-refractivity contribution in [2.24, 2.45) is 0 Å². The van der Waals surface area contributed by atoms with Crippen LogP contribution < -0.4 is 14.5 Å². The summed E-state index contributed by atoms with van der Waals surface area (Å²) in [5, 5.41) is 12.1. The van der Waals surface area contributed by atoms with Gasteiger partial charge in [-0.15, -0.1) is 0 Å². The van der Waals surface area contributed by atoms with Crippen molar-refractivity contribution >= 4 is 28.2 Å². The van der Waals surface area contributed by atoms with Crippen LogP contribution in [0.3, 0.4) is 0 Å². The van der Waals surface area contributed by atoms with Crippen molar-refractivity contribution in [2.75, 3.05) is 49.6 Å². The number of nitrogens with zero attached hydrogens (tertiary/aromatic N) is 7. The molecular weight excluding hydrogens is 550 g/mol. The van der Waals surface area contributed by atoms with Gasteiger partial charge in [-0.05, 0) is 63.2 Å². The summed E-state index contributed by atoms with van der Waals surface area (Å²) in [4.78, 5) is 31.4. The predicted octanol–water partition coefficient (Wildman–Crippen LogP) is 4.87. The maximum Gasteiger partial charge on any atom is 0.318 e. The first-order chi connectivity index (χ1) is 21.4. The zero-order valence-electron chi connectivity index (χ0n) is 26.2. The number of fused-ring (bicyclic) bond motifs is 2. The number of hydrogen-bond acceptors (Lipinski definition) is 8. The van der Waals surface area contributed by atoms with Gasteiger partial charge in [-0.2, -0.15) is 15.2 Å². The number of nitriles is 1. The third-order valence-electron chi connectivity index (χ3n) is 9.82. The molecule has 1 aliphatic carbocycles. The van der Waals surface area contributed by atoms with E-state index in [0.717, 1.165) is 30.0 Å². The van der Waals surface area contributed by atoms with E-state index in [9.17, 15) is 10.1 Å². The lowest BCUT2D eigenvalue weighted by atomic mass is 9.91. The Morgan fingerprint density at radius 1 is 1.18 bits per heavy atom. The second kappa shape index (κ2) is 12.8.